The minimum Gasteiger partial charge on any atom is -0.361 e. The predicted octanol–water partition coefficient (Wildman–Crippen LogP) is 2.01. The molecule has 0 aliphatic heterocycles. The normalized spacial score (nSPS) is 10.5. The number of nitrogens with one attached hydrogen (secondary N) is 1. The second-order valence-electron chi connectivity index (χ2n) is 3.15. The van der Waals surface area contributed by atoms with Crippen LogP contribution in [0.25, 0.3) is 0 Å². The van der Waals surface area contributed by atoms with Gasteiger partial charge in [-0.25, -0.2) is 4.98 Å². The Bertz CT molecular complexity index is 437. The Balaban J connectivity index is 1.93. The van der Waals surface area contributed by atoms with Crippen molar-refractivity contribution in [2.24, 2.45) is 0 Å². The predicted molar refractivity (Wildman–Crippen MR) is 57.9 cm³/mol. The maximum Gasteiger partial charge on any atom is 0.202 e. The molecule has 5 nitrogen and oxygen atoms in total. The summed E-state index contributed by atoms with van der Waals surface area (Å²) in [7, 11) is 0. The first-order chi connectivity index (χ1) is 7.28. The molecule has 0 unspecified atom stereocenters. The van der Waals surface area contributed by atoms with Crippen LogP contribution < -0.4 is 5.32 Å². The SMILES string of the molecule is CCc1nsc(NCc2cc(C)on2)n1. The van der Waals surface area contributed by atoms with Crippen molar-refractivity contribution in [3.63, 3.8) is 0 Å². The van der Waals surface area contributed by atoms with Gasteiger partial charge in [-0.1, -0.05) is 12.1 Å². The molecule has 0 saturated carbocycles. The summed E-state index contributed by atoms with van der Waals surface area (Å²) in [4.78, 5) is 4.29. The van der Waals surface area contributed by atoms with E-state index in [9.17, 15) is 0 Å². The van der Waals surface area contributed by atoms with Crippen molar-refractivity contribution in [3.8, 4) is 0 Å². The first-order valence-electron chi connectivity index (χ1n) is 4.76. The molecule has 2 aromatic rings. The maximum absolute atomic E-state index is 4.96. The van der Waals surface area contributed by atoms with Crippen molar-refractivity contribution in [1.29, 1.82) is 0 Å². The van der Waals surface area contributed by atoms with Crippen LogP contribution in [0.15, 0.2) is 10.6 Å². The molecule has 0 aliphatic carbocycles. The van der Waals surface area contributed by atoms with Gasteiger partial charge in [0.2, 0.25) is 5.13 Å². The number of hydrogen-bond acceptors (Lipinski definition) is 6. The summed E-state index contributed by atoms with van der Waals surface area (Å²) in [5, 5.41) is 7.85. The van der Waals surface area contributed by atoms with E-state index in [2.05, 4.69) is 19.8 Å². The molecule has 0 amide bonds. The number of anilines is 1. The average Bonchev–Trinajstić information content (AvgIpc) is 2.83. The first kappa shape index (κ1) is 10.1. The van der Waals surface area contributed by atoms with Gasteiger partial charge < -0.3 is 9.84 Å². The molecule has 2 heterocycles. The third-order valence-electron chi connectivity index (χ3n) is 1.88. The van der Waals surface area contributed by atoms with E-state index in [-0.39, 0.29) is 0 Å². The summed E-state index contributed by atoms with van der Waals surface area (Å²) in [6.07, 6.45) is 0.862. The van der Waals surface area contributed by atoms with Gasteiger partial charge in [0.15, 0.2) is 0 Å². The summed E-state index contributed by atoms with van der Waals surface area (Å²) in [5.74, 6) is 1.69. The molecule has 6 heteroatoms. The zero-order valence-electron chi connectivity index (χ0n) is 8.65. The van der Waals surface area contributed by atoms with Crippen LogP contribution in [-0.2, 0) is 13.0 Å². The fourth-order valence-electron chi connectivity index (χ4n) is 1.14. The summed E-state index contributed by atoms with van der Waals surface area (Å²) < 4.78 is 9.13. The molecule has 0 spiro atoms. The van der Waals surface area contributed by atoms with Gasteiger partial charge in [0.25, 0.3) is 0 Å². The quantitative estimate of drug-likeness (QED) is 0.860. The second-order valence-corrected chi connectivity index (χ2v) is 3.90. The molecule has 0 aromatic carbocycles. The van der Waals surface area contributed by atoms with E-state index in [1.54, 1.807) is 0 Å². The molecular formula is C9H12N4OS. The summed E-state index contributed by atoms with van der Waals surface area (Å²) in [5.41, 5.74) is 0.876. The van der Waals surface area contributed by atoms with Crippen LogP contribution in [0, 0.1) is 6.92 Å². The summed E-state index contributed by atoms with van der Waals surface area (Å²) in [6.45, 7) is 4.53. The highest BCUT2D eigenvalue weighted by atomic mass is 32.1. The van der Waals surface area contributed by atoms with E-state index in [1.165, 1.54) is 11.5 Å². The van der Waals surface area contributed by atoms with Crippen LogP contribution in [0.5, 0.6) is 0 Å². The number of rotatable bonds is 4. The Morgan fingerprint density at radius 1 is 1.53 bits per heavy atom. The van der Waals surface area contributed by atoms with E-state index >= 15 is 0 Å². The third kappa shape index (κ3) is 2.53. The maximum atomic E-state index is 4.96. The summed E-state index contributed by atoms with van der Waals surface area (Å²) >= 11 is 1.37. The van der Waals surface area contributed by atoms with Crippen LogP contribution in [0.1, 0.15) is 24.2 Å². The van der Waals surface area contributed by atoms with Gasteiger partial charge in [-0.2, -0.15) is 4.37 Å². The zero-order chi connectivity index (χ0) is 10.7. The van der Waals surface area contributed by atoms with Crippen molar-refractivity contribution in [1.82, 2.24) is 14.5 Å². The molecule has 0 fully saturated rings. The molecule has 0 saturated heterocycles. The Kier molecular flexibility index (Phi) is 2.96. The molecule has 0 bridgehead atoms. The number of hydrogen-bond donors (Lipinski definition) is 1. The Hall–Kier alpha value is -1.43. The number of aromatic nitrogens is 3. The zero-order valence-corrected chi connectivity index (χ0v) is 9.47. The fourth-order valence-corrected chi connectivity index (χ4v) is 1.78. The fraction of sp³-hybridized carbons (Fsp3) is 0.444. The van der Waals surface area contributed by atoms with Crippen molar-refractivity contribution in [2.75, 3.05) is 5.32 Å². The lowest BCUT2D eigenvalue weighted by atomic mass is 10.4. The van der Waals surface area contributed by atoms with Gasteiger partial charge in [-0.15, -0.1) is 0 Å². The molecule has 0 aliphatic rings. The van der Waals surface area contributed by atoms with Gasteiger partial charge in [0.1, 0.15) is 17.3 Å². The van der Waals surface area contributed by atoms with Gasteiger partial charge >= 0.3 is 0 Å². The van der Waals surface area contributed by atoms with E-state index in [0.29, 0.717) is 6.54 Å². The number of nitrogens with zero attached hydrogens (tertiary/aromatic N) is 3. The smallest absolute Gasteiger partial charge is 0.202 e. The van der Waals surface area contributed by atoms with Gasteiger partial charge in [0.05, 0.1) is 6.54 Å². The summed E-state index contributed by atoms with van der Waals surface area (Å²) in [6, 6.07) is 1.90. The monoisotopic (exact) mass is 224 g/mol. The Morgan fingerprint density at radius 2 is 2.40 bits per heavy atom. The highest BCUT2D eigenvalue weighted by molar-refractivity contribution is 7.09. The van der Waals surface area contributed by atoms with Crippen LogP contribution >= 0.6 is 11.5 Å². The van der Waals surface area contributed by atoms with Gasteiger partial charge in [-0.3, -0.25) is 0 Å². The number of aryl methyl sites for hydroxylation is 2. The highest BCUT2D eigenvalue weighted by Crippen LogP contribution is 2.12. The van der Waals surface area contributed by atoms with E-state index in [1.807, 2.05) is 19.9 Å². The van der Waals surface area contributed by atoms with Crippen LogP contribution in [0.3, 0.4) is 0 Å². The highest BCUT2D eigenvalue weighted by Gasteiger charge is 2.03. The van der Waals surface area contributed by atoms with Gasteiger partial charge in [-0.05, 0) is 6.92 Å². The molecule has 0 atom stereocenters. The minimum atomic E-state index is 0.621. The molecular weight excluding hydrogens is 212 g/mol. The van der Waals surface area contributed by atoms with Crippen molar-refractivity contribution >= 4 is 16.7 Å². The van der Waals surface area contributed by atoms with E-state index in [4.69, 9.17) is 4.52 Å². The Labute approximate surface area is 91.7 Å². The molecule has 2 aromatic heterocycles. The topological polar surface area (TPSA) is 63.8 Å². The largest absolute Gasteiger partial charge is 0.361 e. The average molecular weight is 224 g/mol. The van der Waals surface area contributed by atoms with E-state index in [0.717, 1.165) is 28.8 Å². The lowest BCUT2D eigenvalue weighted by Gasteiger charge is -1.95. The van der Waals surface area contributed by atoms with E-state index < -0.39 is 0 Å². The van der Waals surface area contributed by atoms with Crippen molar-refractivity contribution < 1.29 is 4.52 Å². The molecule has 1 N–H and O–H groups in total. The molecule has 2 rings (SSSR count). The lowest BCUT2D eigenvalue weighted by molar-refractivity contribution is 0.391. The van der Waals surface area contributed by atoms with Crippen LogP contribution in [0.4, 0.5) is 5.13 Å². The third-order valence-corrected chi connectivity index (χ3v) is 2.59. The van der Waals surface area contributed by atoms with Crippen LogP contribution in [0.2, 0.25) is 0 Å². The lowest BCUT2D eigenvalue weighted by Crippen LogP contribution is -1.99. The standard InChI is InChI=1S/C9H12N4OS/c1-3-8-11-9(15-13-8)10-5-7-4-6(2)14-12-7/h4H,3,5H2,1-2H3,(H,10,11,13). The molecule has 80 valence electrons. The molecule has 0 radical (unpaired) electrons. The second kappa shape index (κ2) is 4.39. The Morgan fingerprint density at radius 3 is 3.00 bits per heavy atom. The minimum absolute atomic E-state index is 0.621. The van der Waals surface area contributed by atoms with Crippen molar-refractivity contribution in [2.45, 2.75) is 26.8 Å². The van der Waals surface area contributed by atoms with Crippen molar-refractivity contribution in [3.05, 3.63) is 23.3 Å². The first-order valence-corrected chi connectivity index (χ1v) is 5.54. The molecule has 15 heavy (non-hydrogen) atoms. The van der Waals surface area contributed by atoms with Crippen LogP contribution in [-0.4, -0.2) is 14.5 Å². The van der Waals surface area contributed by atoms with Gasteiger partial charge in [0, 0.05) is 24.0 Å².